The summed E-state index contributed by atoms with van der Waals surface area (Å²) in [4.78, 5) is 34.4. The Kier molecular flexibility index (Phi) is 5.86. The van der Waals surface area contributed by atoms with Gasteiger partial charge in [-0.1, -0.05) is 0 Å². The number of nitrogens with zero attached hydrogens (tertiary/aromatic N) is 2. The molecule has 0 bridgehead atoms. The molecular formula is C24H27FN4O3. The van der Waals surface area contributed by atoms with E-state index in [1.165, 1.54) is 24.3 Å². The third-order valence-electron chi connectivity index (χ3n) is 5.49. The van der Waals surface area contributed by atoms with Gasteiger partial charge >= 0.3 is 6.09 Å². The Balaban J connectivity index is 1.46. The summed E-state index contributed by atoms with van der Waals surface area (Å²) < 4.78 is 18.6. The number of anilines is 1. The number of benzene rings is 1. The van der Waals surface area contributed by atoms with E-state index in [4.69, 9.17) is 4.74 Å². The Morgan fingerprint density at radius 2 is 1.81 bits per heavy atom. The fourth-order valence-corrected chi connectivity index (χ4v) is 3.89. The summed E-state index contributed by atoms with van der Waals surface area (Å²) >= 11 is 0. The number of hydrogen-bond donors (Lipinski definition) is 2. The van der Waals surface area contributed by atoms with Crippen molar-refractivity contribution in [3.63, 3.8) is 0 Å². The molecule has 0 unspecified atom stereocenters. The molecule has 3 heterocycles. The molecule has 2 amide bonds. The molecule has 1 saturated heterocycles. The Morgan fingerprint density at radius 3 is 2.47 bits per heavy atom. The number of aromatic amines is 1. The van der Waals surface area contributed by atoms with Gasteiger partial charge in [-0.2, -0.15) is 0 Å². The number of nitrogens with one attached hydrogen (secondary N) is 2. The average Bonchev–Trinajstić information content (AvgIpc) is 3.16. The number of ether oxygens (including phenoxy) is 1. The molecule has 2 N–H and O–H groups in total. The second-order valence-electron chi connectivity index (χ2n) is 9.04. The number of fused-ring (bicyclic) bond motifs is 1. The first-order chi connectivity index (χ1) is 15.2. The number of pyridine rings is 1. The van der Waals surface area contributed by atoms with Gasteiger partial charge in [0.15, 0.2) is 0 Å². The van der Waals surface area contributed by atoms with E-state index in [1.54, 1.807) is 11.0 Å². The van der Waals surface area contributed by atoms with E-state index in [0.717, 1.165) is 29.4 Å². The zero-order valence-corrected chi connectivity index (χ0v) is 18.4. The van der Waals surface area contributed by atoms with Crippen LogP contribution in [-0.2, 0) is 4.74 Å². The molecule has 1 aliphatic rings. The summed E-state index contributed by atoms with van der Waals surface area (Å²) in [7, 11) is 0. The summed E-state index contributed by atoms with van der Waals surface area (Å²) in [5.41, 5.74) is 2.61. The van der Waals surface area contributed by atoms with Crippen molar-refractivity contribution >= 4 is 28.9 Å². The van der Waals surface area contributed by atoms with Gasteiger partial charge in [-0.15, -0.1) is 0 Å². The summed E-state index contributed by atoms with van der Waals surface area (Å²) in [6.45, 7) is 6.83. The molecule has 0 spiro atoms. The minimum absolute atomic E-state index is 0.248. The van der Waals surface area contributed by atoms with Crippen molar-refractivity contribution in [3.8, 4) is 0 Å². The van der Waals surface area contributed by atoms with Crippen molar-refractivity contribution in [1.29, 1.82) is 0 Å². The van der Waals surface area contributed by atoms with E-state index >= 15 is 0 Å². The molecule has 0 radical (unpaired) electrons. The summed E-state index contributed by atoms with van der Waals surface area (Å²) in [5, 5.41) is 2.78. The fraction of sp³-hybridized carbons (Fsp3) is 0.375. The van der Waals surface area contributed by atoms with Crippen LogP contribution in [0.3, 0.4) is 0 Å². The molecule has 3 aromatic rings. The van der Waals surface area contributed by atoms with Crippen LogP contribution in [0.1, 0.15) is 55.5 Å². The lowest BCUT2D eigenvalue weighted by molar-refractivity contribution is 0.0205. The van der Waals surface area contributed by atoms with Crippen LogP contribution < -0.4 is 5.32 Å². The average molecular weight is 439 g/mol. The van der Waals surface area contributed by atoms with Crippen LogP contribution in [-0.4, -0.2) is 45.6 Å². The number of halogens is 1. The van der Waals surface area contributed by atoms with Crippen molar-refractivity contribution in [1.82, 2.24) is 14.9 Å². The maximum Gasteiger partial charge on any atom is 0.410 e. The number of carbonyl (C=O) groups is 2. The zero-order valence-electron chi connectivity index (χ0n) is 18.4. The Morgan fingerprint density at radius 1 is 1.12 bits per heavy atom. The van der Waals surface area contributed by atoms with Crippen LogP contribution in [0.2, 0.25) is 0 Å². The highest BCUT2D eigenvalue weighted by Crippen LogP contribution is 2.33. The molecule has 0 aliphatic carbocycles. The highest BCUT2D eigenvalue weighted by Gasteiger charge is 2.28. The lowest BCUT2D eigenvalue weighted by atomic mass is 9.90. The van der Waals surface area contributed by atoms with Crippen LogP contribution in [0.5, 0.6) is 0 Å². The third kappa shape index (κ3) is 4.90. The first-order valence-corrected chi connectivity index (χ1v) is 10.7. The van der Waals surface area contributed by atoms with Gasteiger partial charge in [-0.05, 0) is 81.5 Å². The van der Waals surface area contributed by atoms with E-state index in [0.29, 0.717) is 24.5 Å². The normalized spacial score (nSPS) is 15.1. The predicted octanol–water partition coefficient (Wildman–Crippen LogP) is 5.07. The fourth-order valence-electron chi connectivity index (χ4n) is 3.89. The van der Waals surface area contributed by atoms with Crippen molar-refractivity contribution in [3.05, 3.63) is 59.5 Å². The summed E-state index contributed by atoms with van der Waals surface area (Å²) in [6, 6.07) is 8.97. The summed E-state index contributed by atoms with van der Waals surface area (Å²) in [6.07, 6.45) is 3.29. The minimum Gasteiger partial charge on any atom is -0.444 e. The van der Waals surface area contributed by atoms with E-state index in [9.17, 15) is 14.0 Å². The predicted molar refractivity (Wildman–Crippen MR) is 120 cm³/mol. The number of hydrogen-bond acceptors (Lipinski definition) is 4. The molecular weight excluding hydrogens is 411 g/mol. The molecule has 32 heavy (non-hydrogen) atoms. The molecule has 1 aromatic carbocycles. The van der Waals surface area contributed by atoms with Crippen LogP contribution in [0.15, 0.2) is 42.6 Å². The Bertz CT molecular complexity index is 1130. The number of amides is 2. The number of piperidine rings is 1. The second kappa shape index (κ2) is 8.61. The van der Waals surface area contributed by atoms with Crippen LogP contribution in [0.25, 0.3) is 11.0 Å². The monoisotopic (exact) mass is 438 g/mol. The van der Waals surface area contributed by atoms with Gasteiger partial charge in [-0.25, -0.2) is 14.2 Å². The molecule has 168 valence electrons. The first kappa shape index (κ1) is 21.8. The van der Waals surface area contributed by atoms with Crippen LogP contribution >= 0.6 is 0 Å². The Hall–Kier alpha value is -3.42. The number of rotatable bonds is 3. The molecule has 1 fully saturated rings. The van der Waals surface area contributed by atoms with E-state index in [2.05, 4.69) is 15.3 Å². The number of likely N-dealkylation sites (tertiary alicyclic amines) is 1. The topological polar surface area (TPSA) is 87.3 Å². The van der Waals surface area contributed by atoms with E-state index in [-0.39, 0.29) is 17.9 Å². The number of carbonyl (C=O) groups excluding carboxylic acids is 2. The molecule has 0 saturated carbocycles. The van der Waals surface area contributed by atoms with Gasteiger partial charge in [0.1, 0.15) is 17.2 Å². The highest BCUT2D eigenvalue weighted by molar-refractivity contribution is 6.04. The molecule has 0 atom stereocenters. The quantitative estimate of drug-likeness (QED) is 0.598. The molecule has 4 rings (SSSR count). The maximum absolute atomic E-state index is 13.1. The smallest absolute Gasteiger partial charge is 0.410 e. The number of aromatic nitrogens is 2. The molecule has 7 nitrogen and oxygen atoms in total. The maximum atomic E-state index is 13.1. The van der Waals surface area contributed by atoms with E-state index < -0.39 is 11.4 Å². The largest absolute Gasteiger partial charge is 0.444 e. The van der Waals surface area contributed by atoms with Crippen LogP contribution in [0, 0.1) is 5.82 Å². The van der Waals surface area contributed by atoms with Crippen LogP contribution in [0.4, 0.5) is 15.0 Å². The zero-order chi connectivity index (χ0) is 22.9. The van der Waals surface area contributed by atoms with Gasteiger partial charge in [0, 0.05) is 24.8 Å². The van der Waals surface area contributed by atoms with Crippen molar-refractivity contribution < 1.29 is 18.7 Å². The lowest BCUT2D eigenvalue weighted by Crippen LogP contribution is -2.41. The van der Waals surface area contributed by atoms with Gasteiger partial charge in [0.25, 0.3) is 5.91 Å². The number of H-pyrrole nitrogens is 1. The Labute approximate surface area is 186 Å². The summed E-state index contributed by atoms with van der Waals surface area (Å²) in [5.74, 6) is -0.0627. The lowest BCUT2D eigenvalue weighted by Gasteiger charge is -2.33. The van der Waals surface area contributed by atoms with Crippen molar-refractivity contribution in [2.75, 3.05) is 18.4 Å². The first-order valence-electron chi connectivity index (χ1n) is 10.7. The molecule has 8 heteroatoms. The van der Waals surface area contributed by atoms with Crippen molar-refractivity contribution in [2.24, 2.45) is 0 Å². The van der Waals surface area contributed by atoms with Gasteiger partial charge in [0.05, 0.1) is 11.0 Å². The van der Waals surface area contributed by atoms with Gasteiger partial charge in [0.2, 0.25) is 0 Å². The van der Waals surface area contributed by atoms with E-state index in [1.807, 2.05) is 33.0 Å². The third-order valence-corrected chi connectivity index (χ3v) is 5.49. The minimum atomic E-state index is -0.510. The molecule has 2 aromatic heterocycles. The SMILES string of the molecule is CC(C)(C)OC(=O)N1CCC(c2c[nH]c3ccc(NC(=O)c4ccc(F)cc4)nc23)CC1. The second-order valence-corrected chi connectivity index (χ2v) is 9.04. The molecule has 1 aliphatic heterocycles. The standard InChI is InChI=1S/C24H27FN4O3/c1-24(2,3)32-23(31)29-12-10-15(11-13-29)18-14-26-19-8-9-20(27-21(18)19)28-22(30)16-4-6-17(25)7-5-16/h4-9,14-15,26H,10-13H2,1-3H3,(H,27,28,30). The highest BCUT2D eigenvalue weighted by atomic mass is 19.1. The van der Waals surface area contributed by atoms with Gasteiger partial charge < -0.3 is 19.9 Å². The van der Waals surface area contributed by atoms with Gasteiger partial charge in [-0.3, -0.25) is 4.79 Å². The van der Waals surface area contributed by atoms with Crippen molar-refractivity contribution in [2.45, 2.75) is 45.1 Å².